The number of primary amides is 1. The molecule has 0 saturated heterocycles. The van der Waals surface area contributed by atoms with E-state index in [1.807, 2.05) is 18.2 Å². The van der Waals surface area contributed by atoms with Gasteiger partial charge in [0.2, 0.25) is 0 Å². The van der Waals surface area contributed by atoms with Crippen LogP contribution >= 0.6 is 0 Å². The smallest absolute Gasteiger partial charge is 0.409 e. The molecule has 5 heteroatoms. The third-order valence-electron chi connectivity index (χ3n) is 5.25. The van der Waals surface area contributed by atoms with Gasteiger partial charge in [0.1, 0.15) is 17.2 Å². The molecule has 3 aromatic rings. The maximum absolute atomic E-state index is 11.0. The zero-order valence-electron chi connectivity index (χ0n) is 16.9. The second-order valence-corrected chi connectivity index (χ2v) is 7.50. The van der Waals surface area contributed by atoms with Crippen LogP contribution in [0.4, 0.5) is 4.79 Å². The number of rotatable bonds is 7. The molecule has 154 valence electrons. The summed E-state index contributed by atoms with van der Waals surface area (Å²) in [6, 6.07) is 22.3. The molecule has 3 aromatic carbocycles. The highest BCUT2D eigenvalue weighted by Gasteiger charge is 2.16. The number of hydrogen-bond donors (Lipinski definition) is 2. The summed E-state index contributed by atoms with van der Waals surface area (Å²) in [5.41, 5.74) is 9.93. The van der Waals surface area contributed by atoms with Gasteiger partial charge in [0, 0.05) is 6.54 Å². The first-order chi connectivity index (χ1) is 14.7. The van der Waals surface area contributed by atoms with Crippen molar-refractivity contribution in [2.45, 2.75) is 32.2 Å². The first-order valence-corrected chi connectivity index (χ1v) is 10.3. The molecule has 0 aromatic heterocycles. The zero-order valence-corrected chi connectivity index (χ0v) is 16.9. The van der Waals surface area contributed by atoms with Crippen molar-refractivity contribution in [3.8, 4) is 17.2 Å². The lowest BCUT2D eigenvalue weighted by molar-refractivity contribution is 0.211. The van der Waals surface area contributed by atoms with Crippen LogP contribution in [0.1, 0.15) is 28.7 Å². The maximum Gasteiger partial charge on any atom is 0.409 e. The van der Waals surface area contributed by atoms with Crippen molar-refractivity contribution in [1.82, 2.24) is 5.32 Å². The molecule has 0 unspecified atom stereocenters. The van der Waals surface area contributed by atoms with Gasteiger partial charge in [-0.1, -0.05) is 42.5 Å². The number of carbonyl (C=O) groups excluding carboxylic acids is 1. The number of nitrogens with one attached hydrogen (secondary N) is 1. The lowest BCUT2D eigenvalue weighted by atomic mass is 10.0. The first-order valence-electron chi connectivity index (χ1n) is 10.3. The molecule has 0 bridgehead atoms. The van der Waals surface area contributed by atoms with Crippen LogP contribution in [0.25, 0.3) is 0 Å². The van der Waals surface area contributed by atoms with E-state index in [0.29, 0.717) is 5.75 Å². The van der Waals surface area contributed by atoms with Crippen LogP contribution in [0.3, 0.4) is 0 Å². The highest BCUT2D eigenvalue weighted by Crippen LogP contribution is 2.35. The number of benzene rings is 3. The third-order valence-corrected chi connectivity index (χ3v) is 5.25. The van der Waals surface area contributed by atoms with Crippen LogP contribution in [0.15, 0.2) is 66.7 Å². The predicted octanol–water partition coefficient (Wildman–Crippen LogP) is 4.76. The van der Waals surface area contributed by atoms with Crippen molar-refractivity contribution in [2.24, 2.45) is 5.73 Å². The van der Waals surface area contributed by atoms with Crippen LogP contribution in [0.2, 0.25) is 0 Å². The summed E-state index contributed by atoms with van der Waals surface area (Å²) in [5, 5.41) is 3.54. The Bertz CT molecular complexity index is 1020. The second-order valence-electron chi connectivity index (χ2n) is 7.50. The number of ether oxygens (including phenoxy) is 2. The topological polar surface area (TPSA) is 73.6 Å². The average Bonchev–Trinajstić information content (AvgIpc) is 2.92. The molecule has 4 rings (SSSR count). The summed E-state index contributed by atoms with van der Waals surface area (Å²) in [6.07, 6.45) is 3.07. The Balaban J connectivity index is 1.32. The fourth-order valence-electron chi connectivity index (χ4n) is 3.75. The Morgan fingerprint density at radius 3 is 2.43 bits per heavy atom. The molecule has 0 spiro atoms. The van der Waals surface area contributed by atoms with Gasteiger partial charge in [0.05, 0.1) is 0 Å². The average molecular weight is 402 g/mol. The van der Waals surface area contributed by atoms with Gasteiger partial charge in [-0.25, -0.2) is 4.79 Å². The fraction of sp³-hybridized carbons (Fsp3) is 0.240. The first kappa shape index (κ1) is 20.0. The number of hydrogen-bond acceptors (Lipinski definition) is 4. The van der Waals surface area contributed by atoms with E-state index in [0.717, 1.165) is 55.8 Å². The molecule has 3 N–H and O–H groups in total. The minimum Gasteiger partial charge on any atom is -0.457 e. The van der Waals surface area contributed by atoms with Crippen molar-refractivity contribution in [3.63, 3.8) is 0 Å². The molecule has 1 heterocycles. The van der Waals surface area contributed by atoms with Crippen molar-refractivity contribution in [2.75, 3.05) is 6.54 Å². The van der Waals surface area contributed by atoms with Crippen LogP contribution in [0, 0.1) is 0 Å². The summed E-state index contributed by atoms with van der Waals surface area (Å²) in [7, 11) is 0. The van der Waals surface area contributed by atoms with E-state index < -0.39 is 6.09 Å². The summed E-state index contributed by atoms with van der Waals surface area (Å²) in [6.45, 7) is 1.82. The fourth-order valence-corrected chi connectivity index (χ4v) is 3.75. The van der Waals surface area contributed by atoms with Gasteiger partial charge in [-0.2, -0.15) is 0 Å². The predicted molar refractivity (Wildman–Crippen MR) is 117 cm³/mol. The molecule has 0 atom stereocenters. The van der Waals surface area contributed by atoms with Crippen LogP contribution in [-0.2, 0) is 25.8 Å². The van der Waals surface area contributed by atoms with Gasteiger partial charge in [-0.3, -0.25) is 0 Å². The van der Waals surface area contributed by atoms with E-state index in [1.165, 1.54) is 16.7 Å². The summed E-state index contributed by atoms with van der Waals surface area (Å²) in [5.74, 6) is 2.11. The van der Waals surface area contributed by atoms with Crippen molar-refractivity contribution < 1.29 is 14.3 Å². The Morgan fingerprint density at radius 1 is 0.933 bits per heavy atom. The normalized spacial score (nSPS) is 12.3. The zero-order chi connectivity index (χ0) is 20.8. The van der Waals surface area contributed by atoms with Gasteiger partial charge in [-0.15, -0.1) is 0 Å². The van der Waals surface area contributed by atoms with Crippen molar-refractivity contribution in [3.05, 3.63) is 89.0 Å². The molecular formula is C25H26N2O3. The number of fused-ring (bicyclic) bond motifs is 2. The molecule has 0 fully saturated rings. The van der Waals surface area contributed by atoms with E-state index in [4.69, 9.17) is 15.2 Å². The van der Waals surface area contributed by atoms with Gasteiger partial charge in [0.15, 0.2) is 0 Å². The molecule has 5 nitrogen and oxygen atoms in total. The van der Waals surface area contributed by atoms with E-state index in [9.17, 15) is 4.79 Å². The summed E-state index contributed by atoms with van der Waals surface area (Å²) >= 11 is 0. The summed E-state index contributed by atoms with van der Waals surface area (Å²) in [4.78, 5) is 11.0. The molecule has 0 aliphatic carbocycles. The van der Waals surface area contributed by atoms with E-state index in [1.54, 1.807) is 6.07 Å². The lowest BCUT2D eigenvalue weighted by Crippen LogP contribution is -2.16. The molecule has 0 saturated carbocycles. The monoisotopic (exact) mass is 402 g/mol. The second kappa shape index (κ2) is 9.46. The van der Waals surface area contributed by atoms with Crippen LogP contribution in [0.5, 0.6) is 17.2 Å². The van der Waals surface area contributed by atoms with E-state index in [2.05, 4.69) is 47.8 Å². The Labute approximate surface area is 176 Å². The number of amides is 1. The molecule has 1 aliphatic heterocycles. The van der Waals surface area contributed by atoms with Gasteiger partial charge < -0.3 is 20.5 Å². The molecule has 0 radical (unpaired) electrons. The Morgan fingerprint density at radius 2 is 1.67 bits per heavy atom. The standard InChI is InChI=1S/C25H26N2O3/c26-25(28)29-22-11-13-24-21(16-22)10-9-20-15-19(8-12-23(20)30-24)17-27-14-4-7-18-5-2-1-3-6-18/h1-3,5-6,8,11-13,15-16,27H,4,7,9-10,14,17H2,(H2,26,28). The number of nitrogens with two attached hydrogens (primary N) is 1. The van der Waals surface area contributed by atoms with E-state index in [-0.39, 0.29) is 0 Å². The minimum absolute atomic E-state index is 0.441. The van der Waals surface area contributed by atoms with Gasteiger partial charge in [0.25, 0.3) is 0 Å². The maximum atomic E-state index is 11.0. The Hall–Kier alpha value is -3.31. The van der Waals surface area contributed by atoms with Gasteiger partial charge in [-0.05, 0) is 78.7 Å². The molecular weight excluding hydrogens is 376 g/mol. The summed E-state index contributed by atoms with van der Waals surface area (Å²) < 4.78 is 11.1. The lowest BCUT2D eigenvalue weighted by Gasteiger charge is -2.11. The van der Waals surface area contributed by atoms with Crippen molar-refractivity contribution >= 4 is 6.09 Å². The number of aryl methyl sites for hydroxylation is 3. The SMILES string of the molecule is NC(=O)Oc1ccc2c(c1)CCc1cc(CNCCCc3ccccc3)ccc1O2. The van der Waals surface area contributed by atoms with Crippen LogP contribution in [-0.4, -0.2) is 12.6 Å². The largest absolute Gasteiger partial charge is 0.457 e. The minimum atomic E-state index is -0.811. The number of carbonyl (C=O) groups is 1. The third kappa shape index (κ3) is 5.19. The van der Waals surface area contributed by atoms with Gasteiger partial charge >= 0.3 is 6.09 Å². The van der Waals surface area contributed by atoms with E-state index >= 15 is 0 Å². The quantitative estimate of drug-likeness (QED) is 0.559. The Kier molecular flexibility index (Phi) is 6.30. The molecule has 1 amide bonds. The van der Waals surface area contributed by atoms with Crippen LogP contribution < -0.4 is 20.5 Å². The highest BCUT2D eigenvalue weighted by molar-refractivity contribution is 5.68. The highest BCUT2D eigenvalue weighted by atomic mass is 16.5. The molecule has 30 heavy (non-hydrogen) atoms. The molecule has 1 aliphatic rings. The van der Waals surface area contributed by atoms with Crippen molar-refractivity contribution in [1.29, 1.82) is 0 Å².